The van der Waals surface area contributed by atoms with Crippen LogP contribution >= 0.6 is 22.9 Å². The van der Waals surface area contributed by atoms with Gasteiger partial charge in [-0.05, 0) is 36.6 Å². The van der Waals surface area contributed by atoms with E-state index in [0.29, 0.717) is 11.7 Å². The first-order valence-corrected chi connectivity index (χ1v) is 8.14. The first kappa shape index (κ1) is 13.1. The zero-order chi connectivity index (χ0) is 13.4. The summed E-state index contributed by atoms with van der Waals surface area (Å²) in [6, 6.07) is 0. The lowest BCUT2D eigenvalue weighted by atomic mass is 9.84. The topological polar surface area (TPSA) is 45.8 Å². The Balaban J connectivity index is 2.10. The highest BCUT2D eigenvalue weighted by Crippen LogP contribution is 2.37. The summed E-state index contributed by atoms with van der Waals surface area (Å²) in [6.07, 6.45) is 6.24. The fourth-order valence-corrected chi connectivity index (χ4v) is 4.02. The van der Waals surface area contributed by atoms with Crippen LogP contribution in [0.4, 0.5) is 0 Å². The van der Waals surface area contributed by atoms with Gasteiger partial charge in [0.15, 0.2) is 0 Å². The van der Waals surface area contributed by atoms with Gasteiger partial charge in [-0.25, -0.2) is 4.98 Å². The Labute approximate surface area is 121 Å². The van der Waals surface area contributed by atoms with E-state index < -0.39 is 0 Å². The van der Waals surface area contributed by atoms with Crippen molar-refractivity contribution >= 4 is 33.2 Å². The molecular weight excluding hydrogens is 280 g/mol. The fraction of sp³-hybridized carbons (Fsp3) is 0.571. The van der Waals surface area contributed by atoms with Gasteiger partial charge >= 0.3 is 0 Å². The summed E-state index contributed by atoms with van der Waals surface area (Å²) < 4.78 is 0. The zero-order valence-electron chi connectivity index (χ0n) is 10.9. The fourth-order valence-electron chi connectivity index (χ4n) is 2.89. The molecule has 19 heavy (non-hydrogen) atoms. The van der Waals surface area contributed by atoms with Crippen LogP contribution in [0.2, 0.25) is 0 Å². The van der Waals surface area contributed by atoms with Crippen molar-refractivity contribution in [2.75, 3.05) is 0 Å². The Morgan fingerprint density at radius 3 is 2.84 bits per heavy atom. The van der Waals surface area contributed by atoms with Crippen LogP contribution in [0.5, 0.6) is 0 Å². The van der Waals surface area contributed by atoms with Gasteiger partial charge in [0.2, 0.25) is 0 Å². The predicted octanol–water partition coefficient (Wildman–Crippen LogP) is 4.33. The lowest BCUT2D eigenvalue weighted by Gasteiger charge is -2.20. The third-order valence-electron chi connectivity index (χ3n) is 3.91. The highest BCUT2D eigenvalue weighted by atomic mass is 35.5. The quantitative estimate of drug-likeness (QED) is 0.838. The molecule has 5 heteroatoms. The van der Waals surface area contributed by atoms with Crippen molar-refractivity contribution in [3.63, 3.8) is 0 Å². The molecule has 0 amide bonds. The smallest absolute Gasteiger partial charge is 0.259 e. The summed E-state index contributed by atoms with van der Waals surface area (Å²) in [7, 11) is 0. The van der Waals surface area contributed by atoms with E-state index in [4.69, 9.17) is 11.6 Å². The van der Waals surface area contributed by atoms with Crippen LogP contribution in [0.25, 0.3) is 10.2 Å². The van der Waals surface area contributed by atoms with E-state index in [0.717, 1.165) is 10.2 Å². The Morgan fingerprint density at radius 2 is 2.16 bits per heavy atom. The molecule has 0 aliphatic heterocycles. The van der Waals surface area contributed by atoms with Crippen molar-refractivity contribution in [2.45, 2.75) is 50.3 Å². The maximum absolute atomic E-state index is 12.3. The van der Waals surface area contributed by atoms with Crippen molar-refractivity contribution in [3.05, 3.63) is 27.1 Å². The first-order chi connectivity index (χ1) is 9.16. The summed E-state index contributed by atoms with van der Waals surface area (Å²) in [5.74, 6) is 1.10. The molecular formula is C14H17ClN2OS. The van der Waals surface area contributed by atoms with Crippen molar-refractivity contribution in [1.29, 1.82) is 0 Å². The molecule has 1 aliphatic rings. The molecule has 0 radical (unpaired) electrons. The average molecular weight is 297 g/mol. The molecule has 3 nitrogen and oxygen atoms in total. The second kappa shape index (κ2) is 5.25. The van der Waals surface area contributed by atoms with E-state index >= 15 is 0 Å². The lowest BCUT2D eigenvalue weighted by molar-refractivity contribution is 0.446. The van der Waals surface area contributed by atoms with Gasteiger partial charge in [-0.15, -0.1) is 22.9 Å². The van der Waals surface area contributed by atoms with E-state index in [-0.39, 0.29) is 10.9 Å². The number of rotatable bonds is 2. The molecule has 102 valence electrons. The molecule has 1 saturated carbocycles. The second-order valence-electron chi connectivity index (χ2n) is 5.27. The highest BCUT2D eigenvalue weighted by molar-refractivity contribution is 7.16. The van der Waals surface area contributed by atoms with Gasteiger partial charge in [-0.3, -0.25) is 4.79 Å². The number of fused-ring (bicyclic) bond motifs is 1. The average Bonchev–Trinajstić information content (AvgIpc) is 2.84. The number of hydrogen-bond donors (Lipinski definition) is 1. The number of thiophene rings is 1. The maximum atomic E-state index is 12.3. The molecule has 1 atom stereocenters. The van der Waals surface area contributed by atoms with Gasteiger partial charge in [0.1, 0.15) is 10.7 Å². The van der Waals surface area contributed by atoms with Crippen LogP contribution in [0.3, 0.4) is 0 Å². The highest BCUT2D eigenvalue weighted by Gasteiger charge is 2.21. The summed E-state index contributed by atoms with van der Waals surface area (Å²) in [5.41, 5.74) is 1.16. The van der Waals surface area contributed by atoms with E-state index in [1.165, 1.54) is 37.7 Å². The number of alkyl halides is 1. The van der Waals surface area contributed by atoms with E-state index in [9.17, 15) is 4.79 Å². The van der Waals surface area contributed by atoms with Gasteiger partial charge in [0.25, 0.3) is 5.56 Å². The molecule has 1 fully saturated rings. The molecule has 0 bridgehead atoms. The molecule has 0 aromatic carbocycles. The zero-order valence-corrected chi connectivity index (χ0v) is 12.5. The largest absolute Gasteiger partial charge is 0.309 e. The van der Waals surface area contributed by atoms with Gasteiger partial charge in [0.05, 0.1) is 10.8 Å². The van der Waals surface area contributed by atoms with Gasteiger partial charge in [-0.2, -0.15) is 0 Å². The summed E-state index contributed by atoms with van der Waals surface area (Å²) >= 11 is 7.57. The molecule has 2 aromatic heterocycles. The van der Waals surface area contributed by atoms with Gasteiger partial charge in [0, 0.05) is 0 Å². The van der Waals surface area contributed by atoms with Crippen molar-refractivity contribution in [3.8, 4) is 0 Å². The van der Waals surface area contributed by atoms with Crippen molar-refractivity contribution in [2.24, 2.45) is 0 Å². The van der Waals surface area contributed by atoms with E-state index in [1.54, 1.807) is 11.3 Å². The molecule has 0 saturated heterocycles. The molecule has 0 spiro atoms. The summed E-state index contributed by atoms with van der Waals surface area (Å²) in [4.78, 5) is 20.4. The monoisotopic (exact) mass is 296 g/mol. The molecule has 1 unspecified atom stereocenters. The van der Waals surface area contributed by atoms with Crippen LogP contribution < -0.4 is 5.56 Å². The molecule has 1 N–H and O–H groups in total. The van der Waals surface area contributed by atoms with Crippen LogP contribution in [0.15, 0.2) is 10.2 Å². The Morgan fingerprint density at radius 1 is 1.42 bits per heavy atom. The summed E-state index contributed by atoms with van der Waals surface area (Å²) in [5, 5.41) is 2.64. The number of nitrogens with one attached hydrogen (secondary N) is 1. The van der Waals surface area contributed by atoms with E-state index in [2.05, 4.69) is 15.3 Å². The number of halogens is 1. The number of H-pyrrole nitrogens is 1. The number of aromatic amines is 1. The number of aromatic nitrogens is 2. The molecule has 2 heterocycles. The van der Waals surface area contributed by atoms with Crippen molar-refractivity contribution < 1.29 is 0 Å². The van der Waals surface area contributed by atoms with Crippen LogP contribution in [0, 0.1) is 0 Å². The van der Waals surface area contributed by atoms with Crippen LogP contribution in [-0.4, -0.2) is 9.97 Å². The summed E-state index contributed by atoms with van der Waals surface area (Å²) in [6.45, 7) is 1.82. The normalized spacial score (nSPS) is 18.8. The third kappa shape index (κ3) is 2.43. The lowest BCUT2D eigenvalue weighted by Crippen LogP contribution is -2.14. The standard InChI is InChI=1S/C14H17ClN2OS/c1-8(15)12-16-13(18)11-10(7-19-14(11)17-12)9-5-3-2-4-6-9/h7-9H,2-6H2,1H3,(H,16,17,18). The number of nitrogens with zero attached hydrogens (tertiary/aromatic N) is 1. The van der Waals surface area contributed by atoms with Crippen molar-refractivity contribution in [1.82, 2.24) is 9.97 Å². The minimum Gasteiger partial charge on any atom is -0.309 e. The van der Waals surface area contributed by atoms with Gasteiger partial charge < -0.3 is 4.98 Å². The minimum absolute atomic E-state index is 0.0330. The molecule has 3 rings (SSSR count). The third-order valence-corrected chi connectivity index (χ3v) is 5.01. The molecule has 2 aromatic rings. The van der Waals surface area contributed by atoms with E-state index in [1.807, 2.05) is 6.92 Å². The number of hydrogen-bond acceptors (Lipinski definition) is 3. The maximum Gasteiger partial charge on any atom is 0.259 e. The Bertz CT molecular complexity index is 640. The van der Waals surface area contributed by atoms with Crippen LogP contribution in [0.1, 0.15) is 61.7 Å². The predicted molar refractivity (Wildman–Crippen MR) is 80.3 cm³/mol. The minimum atomic E-state index is -0.266. The van der Waals surface area contributed by atoms with Crippen LogP contribution in [-0.2, 0) is 0 Å². The molecule has 1 aliphatic carbocycles. The first-order valence-electron chi connectivity index (χ1n) is 6.82. The van der Waals surface area contributed by atoms with Gasteiger partial charge in [-0.1, -0.05) is 19.3 Å². The second-order valence-corrected chi connectivity index (χ2v) is 6.79. The SMILES string of the molecule is CC(Cl)c1nc2scc(C3CCCCC3)c2c(=O)[nH]1. The Hall–Kier alpha value is -0.870. The Kier molecular flexibility index (Phi) is 3.63.